The predicted octanol–water partition coefficient (Wildman–Crippen LogP) is 4.01. The number of thioether (sulfide) groups is 1. The van der Waals surface area contributed by atoms with E-state index >= 15 is 0 Å². The van der Waals surface area contributed by atoms with Crippen molar-refractivity contribution in [2.45, 2.75) is 18.7 Å². The van der Waals surface area contributed by atoms with Crippen molar-refractivity contribution in [3.63, 3.8) is 0 Å². The summed E-state index contributed by atoms with van der Waals surface area (Å²) < 4.78 is 0.876. The van der Waals surface area contributed by atoms with Gasteiger partial charge in [-0.1, -0.05) is 29.8 Å². The Labute approximate surface area is 97.4 Å². The summed E-state index contributed by atoms with van der Waals surface area (Å²) in [5.41, 5.74) is 0.707. The summed E-state index contributed by atoms with van der Waals surface area (Å²) in [4.78, 5) is 11.8. The van der Waals surface area contributed by atoms with Gasteiger partial charge in [0.25, 0.3) is 0 Å². The van der Waals surface area contributed by atoms with E-state index in [1.54, 1.807) is 0 Å². The molecule has 0 fully saturated rings. The molecule has 0 radical (unpaired) electrons. The van der Waals surface area contributed by atoms with E-state index in [1.807, 2.05) is 30.0 Å². The highest BCUT2D eigenvalue weighted by atomic mass is 79.9. The fraction of sp³-hybridized carbons (Fsp3) is 0.364. The van der Waals surface area contributed by atoms with Crippen LogP contribution in [0.1, 0.15) is 24.2 Å². The summed E-state index contributed by atoms with van der Waals surface area (Å²) in [7, 11) is 0. The maximum absolute atomic E-state index is 10.6. The van der Waals surface area contributed by atoms with Crippen molar-refractivity contribution in [3.05, 3.63) is 28.2 Å². The van der Waals surface area contributed by atoms with Gasteiger partial charge in [0.1, 0.15) is 0 Å². The van der Waals surface area contributed by atoms with E-state index in [0.717, 1.165) is 16.5 Å². The normalized spacial score (nSPS) is 10.6. The van der Waals surface area contributed by atoms with Crippen molar-refractivity contribution >= 4 is 34.0 Å². The van der Waals surface area contributed by atoms with Crippen LogP contribution in [0.25, 0.3) is 0 Å². The average molecular weight is 273 g/mol. The summed E-state index contributed by atoms with van der Waals surface area (Å²) in [6, 6.07) is 5.83. The first-order chi connectivity index (χ1) is 6.63. The molecule has 1 rings (SSSR count). The van der Waals surface area contributed by atoms with Crippen LogP contribution in [0.5, 0.6) is 0 Å². The van der Waals surface area contributed by atoms with E-state index in [0.29, 0.717) is 11.5 Å². The fourth-order valence-electron chi connectivity index (χ4n) is 0.956. The van der Waals surface area contributed by atoms with Gasteiger partial charge in [0, 0.05) is 20.7 Å². The molecule has 0 saturated heterocycles. The quantitative estimate of drug-likeness (QED) is 0.609. The van der Waals surface area contributed by atoms with Gasteiger partial charge < -0.3 is 0 Å². The number of carbonyl (C=O) groups is 1. The number of benzene rings is 1. The monoisotopic (exact) mass is 272 g/mol. The van der Waals surface area contributed by atoms with E-state index in [9.17, 15) is 4.79 Å². The highest BCUT2D eigenvalue weighted by Crippen LogP contribution is 2.25. The second-order valence-corrected chi connectivity index (χ2v) is 5.45. The Morgan fingerprint density at radius 2 is 2.21 bits per heavy atom. The first-order valence-corrected chi connectivity index (χ1v) is 6.29. The molecule has 0 atom stereocenters. The fourth-order valence-corrected chi connectivity index (χ4v) is 2.47. The van der Waals surface area contributed by atoms with Gasteiger partial charge in [-0.15, -0.1) is 11.8 Å². The van der Waals surface area contributed by atoms with Gasteiger partial charge in [0.15, 0.2) is 6.29 Å². The van der Waals surface area contributed by atoms with Crippen LogP contribution < -0.4 is 0 Å². The van der Waals surface area contributed by atoms with Gasteiger partial charge in [-0.25, -0.2) is 0 Å². The number of carbonyl (C=O) groups excluding carboxylic acids is 1. The van der Waals surface area contributed by atoms with Crippen LogP contribution in [0, 0.1) is 5.92 Å². The van der Waals surface area contributed by atoms with E-state index < -0.39 is 0 Å². The molecule has 76 valence electrons. The van der Waals surface area contributed by atoms with Gasteiger partial charge in [-0.2, -0.15) is 0 Å². The Morgan fingerprint density at radius 1 is 1.50 bits per heavy atom. The number of halogens is 1. The molecular weight excluding hydrogens is 260 g/mol. The first kappa shape index (κ1) is 11.8. The number of aldehydes is 1. The second kappa shape index (κ2) is 5.56. The molecule has 3 heteroatoms. The third-order valence-electron chi connectivity index (χ3n) is 1.68. The van der Waals surface area contributed by atoms with E-state index in [2.05, 4.69) is 29.8 Å². The van der Waals surface area contributed by atoms with Crippen LogP contribution in [0.2, 0.25) is 0 Å². The second-order valence-electron chi connectivity index (χ2n) is 3.51. The molecule has 0 aliphatic heterocycles. The lowest BCUT2D eigenvalue weighted by atomic mass is 10.2. The van der Waals surface area contributed by atoms with Crippen molar-refractivity contribution in [2.75, 3.05) is 5.75 Å². The highest BCUT2D eigenvalue weighted by Gasteiger charge is 2.01. The van der Waals surface area contributed by atoms with Crippen LogP contribution in [0.3, 0.4) is 0 Å². The Balaban J connectivity index is 2.71. The average Bonchev–Trinajstić information content (AvgIpc) is 2.15. The standard InChI is InChI=1S/C11H13BrOS/c1-8(2)7-14-10-4-3-9(6-13)11(12)5-10/h3-6,8H,7H2,1-2H3. The third kappa shape index (κ3) is 3.46. The van der Waals surface area contributed by atoms with Gasteiger partial charge in [-0.3, -0.25) is 4.79 Å². The third-order valence-corrected chi connectivity index (χ3v) is 3.79. The summed E-state index contributed by atoms with van der Waals surface area (Å²) in [5.74, 6) is 1.79. The Kier molecular flexibility index (Phi) is 4.69. The SMILES string of the molecule is CC(C)CSc1ccc(C=O)c(Br)c1. The molecular formula is C11H13BrOS. The van der Waals surface area contributed by atoms with Gasteiger partial charge in [-0.05, 0) is 24.1 Å². The zero-order chi connectivity index (χ0) is 10.6. The van der Waals surface area contributed by atoms with Crippen LogP contribution in [0.15, 0.2) is 27.6 Å². The molecule has 14 heavy (non-hydrogen) atoms. The minimum Gasteiger partial charge on any atom is -0.298 e. The lowest BCUT2D eigenvalue weighted by molar-refractivity contribution is 0.112. The number of rotatable bonds is 4. The first-order valence-electron chi connectivity index (χ1n) is 4.51. The predicted molar refractivity (Wildman–Crippen MR) is 65.1 cm³/mol. The van der Waals surface area contributed by atoms with Crippen LogP contribution in [0.4, 0.5) is 0 Å². The summed E-state index contributed by atoms with van der Waals surface area (Å²) in [6.45, 7) is 4.39. The Bertz CT molecular complexity index is 323. The Morgan fingerprint density at radius 3 is 2.71 bits per heavy atom. The number of hydrogen-bond donors (Lipinski definition) is 0. The maximum atomic E-state index is 10.6. The van der Waals surface area contributed by atoms with Gasteiger partial charge in [0.05, 0.1) is 0 Å². The molecule has 1 nitrogen and oxygen atoms in total. The molecule has 0 saturated carbocycles. The minimum absolute atomic E-state index is 0.685. The molecule has 0 N–H and O–H groups in total. The molecule has 1 aromatic rings. The van der Waals surface area contributed by atoms with E-state index in [1.165, 1.54) is 4.90 Å². The van der Waals surface area contributed by atoms with Crippen LogP contribution in [-0.4, -0.2) is 12.0 Å². The zero-order valence-electron chi connectivity index (χ0n) is 8.29. The molecule has 0 unspecified atom stereocenters. The number of hydrogen-bond acceptors (Lipinski definition) is 2. The molecule has 0 aliphatic rings. The smallest absolute Gasteiger partial charge is 0.151 e. The van der Waals surface area contributed by atoms with E-state index in [-0.39, 0.29) is 0 Å². The van der Waals surface area contributed by atoms with Crippen LogP contribution >= 0.6 is 27.7 Å². The van der Waals surface area contributed by atoms with E-state index in [4.69, 9.17) is 0 Å². The lowest BCUT2D eigenvalue weighted by Crippen LogP contribution is -1.90. The van der Waals surface area contributed by atoms with Crippen molar-refractivity contribution in [1.29, 1.82) is 0 Å². The molecule has 0 heterocycles. The van der Waals surface area contributed by atoms with Crippen molar-refractivity contribution < 1.29 is 4.79 Å². The van der Waals surface area contributed by atoms with Crippen molar-refractivity contribution in [3.8, 4) is 0 Å². The lowest BCUT2D eigenvalue weighted by Gasteiger charge is -2.05. The molecule has 0 aliphatic carbocycles. The van der Waals surface area contributed by atoms with Crippen LogP contribution in [-0.2, 0) is 0 Å². The maximum Gasteiger partial charge on any atom is 0.151 e. The summed E-state index contributed by atoms with van der Waals surface area (Å²) >= 11 is 5.19. The van der Waals surface area contributed by atoms with Gasteiger partial charge >= 0.3 is 0 Å². The molecule has 1 aromatic carbocycles. The molecule has 0 bridgehead atoms. The highest BCUT2D eigenvalue weighted by molar-refractivity contribution is 9.10. The Hall–Kier alpha value is -0.280. The molecule has 0 aromatic heterocycles. The molecule has 0 amide bonds. The summed E-state index contributed by atoms with van der Waals surface area (Å²) in [5, 5.41) is 0. The van der Waals surface area contributed by atoms with Crippen molar-refractivity contribution in [1.82, 2.24) is 0 Å². The topological polar surface area (TPSA) is 17.1 Å². The largest absolute Gasteiger partial charge is 0.298 e. The van der Waals surface area contributed by atoms with Crippen molar-refractivity contribution in [2.24, 2.45) is 5.92 Å². The van der Waals surface area contributed by atoms with Gasteiger partial charge in [0.2, 0.25) is 0 Å². The zero-order valence-corrected chi connectivity index (χ0v) is 10.7. The minimum atomic E-state index is 0.685. The molecule has 0 spiro atoms. The summed E-state index contributed by atoms with van der Waals surface area (Å²) in [6.07, 6.45) is 0.862.